The third-order valence-electron chi connectivity index (χ3n) is 3.33. The lowest BCUT2D eigenvalue weighted by molar-refractivity contribution is -0.142. The molecule has 0 aliphatic carbocycles. The van der Waals surface area contributed by atoms with Crippen LogP contribution in [0, 0.1) is 0 Å². The van der Waals surface area contributed by atoms with Gasteiger partial charge in [-0.15, -0.1) is 0 Å². The highest BCUT2D eigenvalue weighted by molar-refractivity contribution is 5.71. The fraction of sp³-hybridized carbons (Fsp3) is 0.643. The van der Waals surface area contributed by atoms with Crippen molar-refractivity contribution in [3.63, 3.8) is 0 Å². The smallest absolute Gasteiger partial charge is 0.313 e. The number of ether oxygens (including phenoxy) is 2. The lowest BCUT2D eigenvalue weighted by Crippen LogP contribution is -2.38. The number of rotatable bonds is 5. The Morgan fingerprint density at radius 2 is 2.10 bits per heavy atom. The van der Waals surface area contributed by atoms with E-state index in [-0.39, 0.29) is 17.9 Å². The summed E-state index contributed by atoms with van der Waals surface area (Å²) in [6.45, 7) is 7.02. The highest BCUT2D eigenvalue weighted by Crippen LogP contribution is 2.12. The second-order valence-corrected chi connectivity index (χ2v) is 4.69. The number of hydrogen-bond donors (Lipinski definition) is 0. The maximum atomic E-state index is 12.2. The highest BCUT2D eigenvalue weighted by Gasteiger charge is 2.17. The Labute approximate surface area is 123 Å². The molecule has 1 aliphatic heterocycles. The number of carbonyl (C=O) groups is 1. The molecule has 2 heterocycles. The zero-order valence-corrected chi connectivity index (χ0v) is 12.5. The van der Waals surface area contributed by atoms with Gasteiger partial charge in [0.1, 0.15) is 18.1 Å². The number of nitrogens with zero attached hydrogens (tertiary/aromatic N) is 3. The van der Waals surface area contributed by atoms with Gasteiger partial charge in [0.15, 0.2) is 0 Å². The van der Waals surface area contributed by atoms with E-state index >= 15 is 0 Å². The molecule has 1 aromatic heterocycles. The summed E-state index contributed by atoms with van der Waals surface area (Å²) in [5, 5.41) is 0. The molecular formula is C14H21N3O4. The second-order valence-electron chi connectivity index (χ2n) is 4.69. The predicted octanol–water partition coefficient (Wildman–Crippen LogP) is 0.205. The van der Waals surface area contributed by atoms with Crippen molar-refractivity contribution < 1.29 is 14.3 Å². The number of esters is 1. The van der Waals surface area contributed by atoms with E-state index in [9.17, 15) is 9.59 Å². The lowest BCUT2D eigenvalue weighted by atomic mass is 10.3. The Morgan fingerprint density at radius 1 is 1.38 bits per heavy atom. The number of aromatic nitrogens is 2. The van der Waals surface area contributed by atoms with Crippen molar-refractivity contribution in [3.8, 4) is 0 Å². The molecule has 21 heavy (non-hydrogen) atoms. The summed E-state index contributed by atoms with van der Waals surface area (Å²) < 4.78 is 11.7. The Balaban J connectivity index is 2.29. The first kappa shape index (κ1) is 15.5. The molecular weight excluding hydrogens is 274 g/mol. The molecule has 7 nitrogen and oxygen atoms in total. The van der Waals surface area contributed by atoms with Gasteiger partial charge in [-0.25, -0.2) is 4.98 Å². The first-order valence-corrected chi connectivity index (χ1v) is 7.24. The standard InChI is InChI=1S/C14H21N3O4/c1-3-17-12(10-14(19)21-4-2)15-11(9-13(17)18)16-5-7-20-8-6-16/h9H,3-8,10H2,1-2H3. The minimum atomic E-state index is -0.370. The molecule has 0 unspecified atom stereocenters. The van der Waals surface area contributed by atoms with E-state index in [0.29, 0.717) is 51.1 Å². The van der Waals surface area contributed by atoms with Crippen molar-refractivity contribution in [2.24, 2.45) is 0 Å². The van der Waals surface area contributed by atoms with Crippen molar-refractivity contribution in [2.45, 2.75) is 26.8 Å². The number of morpholine rings is 1. The van der Waals surface area contributed by atoms with E-state index in [2.05, 4.69) is 4.98 Å². The maximum Gasteiger partial charge on any atom is 0.313 e. The molecule has 7 heteroatoms. The van der Waals surface area contributed by atoms with E-state index in [4.69, 9.17) is 9.47 Å². The van der Waals surface area contributed by atoms with Gasteiger partial charge in [0.2, 0.25) is 0 Å². The molecule has 1 aliphatic rings. The van der Waals surface area contributed by atoms with Gasteiger partial charge < -0.3 is 14.4 Å². The van der Waals surface area contributed by atoms with Crippen molar-refractivity contribution >= 4 is 11.8 Å². The quantitative estimate of drug-likeness (QED) is 0.723. The topological polar surface area (TPSA) is 73.7 Å². The van der Waals surface area contributed by atoms with Crippen LogP contribution in [0.3, 0.4) is 0 Å². The summed E-state index contributed by atoms with van der Waals surface area (Å²) in [5.74, 6) is 0.683. The molecule has 1 saturated heterocycles. The van der Waals surface area contributed by atoms with Crippen LogP contribution in [0.5, 0.6) is 0 Å². The Kier molecular flexibility index (Phi) is 5.32. The molecule has 0 atom stereocenters. The van der Waals surface area contributed by atoms with Crippen LogP contribution >= 0.6 is 0 Å². The maximum absolute atomic E-state index is 12.2. The Bertz CT molecular complexity index is 550. The molecule has 116 valence electrons. The SMILES string of the molecule is CCOC(=O)Cc1nc(N2CCOCC2)cc(=O)n1CC. The van der Waals surface area contributed by atoms with Crippen LogP contribution < -0.4 is 10.5 Å². The highest BCUT2D eigenvalue weighted by atomic mass is 16.5. The zero-order chi connectivity index (χ0) is 15.2. The minimum absolute atomic E-state index is 0.00903. The lowest BCUT2D eigenvalue weighted by Gasteiger charge is -2.28. The normalized spacial score (nSPS) is 15.0. The minimum Gasteiger partial charge on any atom is -0.466 e. The first-order chi connectivity index (χ1) is 10.2. The molecule has 0 N–H and O–H groups in total. The molecule has 0 radical (unpaired) electrons. The third kappa shape index (κ3) is 3.81. The van der Waals surface area contributed by atoms with Crippen molar-refractivity contribution in [1.82, 2.24) is 9.55 Å². The predicted molar refractivity (Wildman–Crippen MR) is 77.5 cm³/mol. The molecule has 0 aromatic carbocycles. The summed E-state index contributed by atoms with van der Waals surface area (Å²) in [6, 6.07) is 1.52. The van der Waals surface area contributed by atoms with E-state index in [1.54, 1.807) is 6.92 Å². The van der Waals surface area contributed by atoms with Crippen molar-refractivity contribution in [2.75, 3.05) is 37.8 Å². The van der Waals surface area contributed by atoms with E-state index < -0.39 is 0 Å². The van der Waals surface area contributed by atoms with Crippen LogP contribution in [0.15, 0.2) is 10.9 Å². The average Bonchev–Trinajstić information content (AvgIpc) is 2.48. The molecule has 0 bridgehead atoms. The van der Waals surface area contributed by atoms with Crippen LogP contribution in [0.2, 0.25) is 0 Å². The Morgan fingerprint density at radius 3 is 2.71 bits per heavy atom. The summed E-state index contributed by atoms with van der Waals surface area (Å²) in [6.07, 6.45) is 0.00903. The summed E-state index contributed by atoms with van der Waals surface area (Å²) in [7, 11) is 0. The van der Waals surface area contributed by atoms with Crippen LogP contribution in [0.25, 0.3) is 0 Å². The van der Waals surface area contributed by atoms with Crippen LogP contribution in [-0.2, 0) is 27.2 Å². The molecule has 2 rings (SSSR count). The Hall–Kier alpha value is -1.89. The zero-order valence-electron chi connectivity index (χ0n) is 12.5. The monoisotopic (exact) mass is 295 g/mol. The van der Waals surface area contributed by atoms with Gasteiger partial charge in [-0.3, -0.25) is 14.2 Å². The average molecular weight is 295 g/mol. The molecule has 1 aromatic rings. The van der Waals surface area contributed by atoms with Crippen LogP contribution in [0.1, 0.15) is 19.7 Å². The summed E-state index contributed by atoms with van der Waals surface area (Å²) >= 11 is 0. The van der Waals surface area contributed by atoms with Gasteiger partial charge in [-0.1, -0.05) is 0 Å². The van der Waals surface area contributed by atoms with E-state index in [1.807, 2.05) is 11.8 Å². The molecule has 1 fully saturated rings. The van der Waals surface area contributed by atoms with Gasteiger partial charge in [-0.2, -0.15) is 0 Å². The van der Waals surface area contributed by atoms with Crippen molar-refractivity contribution in [3.05, 3.63) is 22.2 Å². The fourth-order valence-electron chi connectivity index (χ4n) is 2.31. The number of hydrogen-bond acceptors (Lipinski definition) is 6. The second kappa shape index (κ2) is 7.21. The number of carbonyl (C=O) groups excluding carboxylic acids is 1. The van der Waals surface area contributed by atoms with Crippen molar-refractivity contribution in [1.29, 1.82) is 0 Å². The first-order valence-electron chi connectivity index (χ1n) is 7.24. The van der Waals surface area contributed by atoms with E-state index in [0.717, 1.165) is 0 Å². The largest absolute Gasteiger partial charge is 0.466 e. The van der Waals surface area contributed by atoms with Crippen LogP contribution in [-0.4, -0.2) is 48.4 Å². The third-order valence-corrected chi connectivity index (χ3v) is 3.33. The molecule has 0 spiro atoms. The summed E-state index contributed by atoms with van der Waals surface area (Å²) in [5.41, 5.74) is -0.145. The summed E-state index contributed by atoms with van der Waals surface area (Å²) in [4.78, 5) is 30.3. The molecule has 0 saturated carbocycles. The van der Waals surface area contributed by atoms with Gasteiger partial charge in [-0.05, 0) is 13.8 Å². The van der Waals surface area contributed by atoms with Gasteiger partial charge in [0, 0.05) is 25.7 Å². The fourth-order valence-corrected chi connectivity index (χ4v) is 2.31. The van der Waals surface area contributed by atoms with Gasteiger partial charge in [0.05, 0.1) is 19.8 Å². The van der Waals surface area contributed by atoms with E-state index in [1.165, 1.54) is 10.6 Å². The van der Waals surface area contributed by atoms with Gasteiger partial charge in [0.25, 0.3) is 5.56 Å². The van der Waals surface area contributed by atoms with Crippen LogP contribution in [0.4, 0.5) is 5.82 Å². The molecule has 0 amide bonds. The number of anilines is 1. The van der Waals surface area contributed by atoms with Gasteiger partial charge >= 0.3 is 5.97 Å².